The Morgan fingerprint density at radius 1 is 1.56 bits per heavy atom. The molecule has 1 aliphatic heterocycles. The molecule has 1 fully saturated rings. The molecule has 1 N–H and O–H groups in total. The lowest BCUT2D eigenvalue weighted by molar-refractivity contribution is -0.123. The van der Waals surface area contributed by atoms with Crippen LogP contribution in [0.5, 0.6) is 0 Å². The van der Waals surface area contributed by atoms with Gasteiger partial charge in [-0.25, -0.2) is 0 Å². The highest BCUT2D eigenvalue weighted by atomic mass is 16.5. The van der Waals surface area contributed by atoms with Crippen molar-refractivity contribution in [3.63, 3.8) is 0 Å². The van der Waals surface area contributed by atoms with E-state index < -0.39 is 0 Å². The van der Waals surface area contributed by atoms with E-state index in [0.29, 0.717) is 25.6 Å². The summed E-state index contributed by atoms with van der Waals surface area (Å²) in [6, 6.07) is 3.35. The monoisotopic (exact) mass is 224 g/mol. The summed E-state index contributed by atoms with van der Waals surface area (Å²) in [6.07, 6.45) is 0. The number of ether oxygens (including phenoxy) is 1. The number of morpholine rings is 1. The SMILES string of the molecule is Cc1ccc(N(C)C(=O)C2COCCN2)o1. The van der Waals surface area contributed by atoms with E-state index in [1.165, 1.54) is 4.90 Å². The van der Waals surface area contributed by atoms with E-state index in [2.05, 4.69) is 5.32 Å². The van der Waals surface area contributed by atoms with Crippen LogP contribution in [0, 0.1) is 6.92 Å². The van der Waals surface area contributed by atoms with Gasteiger partial charge in [-0.05, 0) is 13.0 Å². The van der Waals surface area contributed by atoms with Gasteiger partial charge < -0.3 is 14.5 Å². The van der Waals surface area contributed by atoms with E-state index >= 15 is 0 Å². The minimum absolute atomic E-state index is 0.0333. The Labute approximate surface area is 94.4 Å². The molecule has 1 saturated heterocycles. The Hall–Kier alpha value is -1.33. The zero-order chi connectivity index (χ0) is 11.5. The Morgan fingerprint density at radius 2 is 2.38 bits per heavy atom. The first kappa shape index (κ1) is 11.2. The van der Waals surface area contributed by atoms with Crippen molar-refractivity contribution >= 4 is 11.8 Å². The van der Waals surface area contributed by atoms with Gasteiger partial charge in [-0.1, -0.05) is 0 Å². The number of carbonyl (C=O) groups excluding carboxylic acids is 1. The predicted octanol–water partition coefficient (Wildman–Crippen LogP) is 0.539. The fourth-order valence-electron chi connectivity index (χ4n) is 1.67. The van der Waals surface area contributed by atoms with Crippen LogP contribution in [-0.4, -0.2) is 38.8 Å². The van der Waals surface area contributed by atoms with E-state index in [4.69, 9.17) is 9.15 Å². The molecule has 2 heterocycles. The third-order valence-corrected chi connectivity index (χ3v) is 2.61. The summed E-state index contributed by atoms with van der Waals surface area (Å²) < 4.78 is 10.6. The number of carbonyl (C=O) groups is 1. The maximum Gasteiger partial charge on any atom is 0.248 e. The van der Waals surface area contributed by atoms with Gasteiger partial charge in [-0.2, -0.15) is 0 Å². The topological polar surface area (TPSA) is 54.7 Å². The maximum absolute atomic E-state index is 12.0. The van der Waals surface area contributed by atoms with E-state index in [-0.39, 0.29) is 11.9 Å². The highest BCUT2D eigenvalue weighted by molar-refractivity contribution is 5.95. The lowest BCUT2D eigenvalue weighted by Gasteiger charge is -2.26. The number of furan rings is 1. The molecule has 1 unspecified atom stereocenters. The molecule has 1 aromatic heterocycles. The number of anilines is 1. The quantitative estimate of drug-likeness (QED) is 0.796. The summed E-state index contributed by atoms with van der Waals surface area (Å²) in [4.78, 5) is 13.5. The average molecular weight is 224 g/mol. The molecule has 1 aliphatic rings. The summed E-state index contributed by atoms with van der Waals surface area (Å²) in [5.74, 6) is 1.33. The number of likely N-dealkylation sites (N-methyl/N-ethyl adjacent to an activating group) is 1. The van der Waals surface area contributed by atoms with Crippen molar-refractivity contribution in [2.24, 2.45) is 0 Å². The highest BCUT2D eigenvalue weighted by Crippen LogP contribution is 2.17. The lowest BCUT2D eigenvalue weighted by atomic mass is 10.2. The molecule has 16 heavy (non-hydrogen) atoms. The first-order valence-electron chi connectivity index (χ1n) is 5.33. The molecule has 1 amide bonds. The number of nitrogens with zero attached hydrogens (tertiary/aromatic N) is 1. The number of aryl methyl sites for hydroxylation is 1. The average Bonchev–Trinajstić information content (AvgIpc) is 2.75. The number of hydrogen-bond donors (Lipinski definition) is 1. The largest absolute Gasteiger partial charge is 0.445 e. The van der Waals surface area contributed by atoms with Crippen molar-refractivity contribution in [3.8, 4) is 0 Å². The van der Waals surface area contributed by atoms with Crippen LogP contribution in [0.2, 0.25) is 0 Å². The molecule has 0 spiro atoms. The van der Waals surface area contributed by atoms with Crippen molar-refractivity contribution in [2.45, 2.75) is 13.0 Å². The van der Waals surface area contributed by atoms with Crippen LogP contribution >= 0.6 is 0 Å². The molecule has 1 aromatic rings. The molecular weight excluding hydrogens is 208 g/mol. The van der Waals surface area contributed by atoms with Crippen molar-refractivity contribution in [3.05, 3.63) is 17.9 Å². The van der Waals surface area contributed by atoms with Gasteiger partial charge in [-0.3, -0.25) is 9.69 Å². The highest BCUT2D eigenvalue weighted by Gasteiger charge is 2.26. The van der Waals surface area contributed by atoms with E-state index in [0.717, 1.165) is 5.76 Å². The Morgan fingerprint density at radius 3 is 2.94 bits per heavy atom. The Balaban J connectivity index is 2.03. The number of rotatable bonds is 2. The molecule has 1 atom stereocenters. The summed E-state index contributed by atoms with van der Waals surface area (Å²) in [5.41, 5.74) is 0. The summed E-state index contributed by atoms with van der Waals surface area (Å²) in [7, 11) is 1.71. The van der Waals surface area contributed by atoms with Gasteiger partial charge in [0, 0.05) is 19.7 Å². The second-order valence-electron chi connectivity index (χ2n) is 3.86. The van der Waals surface area contributed by atoms with E-state index in [1.54, 1.807) is 13.1 Å². The first-order chi connectivity index (χ1) is 7.68. The third-order valence-electron chi connectivity index (χ3n) is 2.61. The minimum Gasteiger partial charge on any atom is -0.445 e. The van der Waals surface area contributed by atoms with Crippen LogP contribution < -0.4 is 10.2 Å². The van der Waals surface area contributed by atoms with Gasteiger partial charge in [0.1, 0.15) is 11.8 Å². The van der Waals surface area contributed by atoms with E-state index in [9.17, 15) is 4.79 Å². The van der Waals surface area contributed by atoms with Gasteiger partial charge in [0.25, 0.3) is 0 Å². The van der Waals surface area contributed by atoms with Crippen LogP contribution in [0.15, 0.2) is 16.5 Å². The molecule has 5 heteroatoms. The smallest absolute Gasteiger partial charge is 0.248 e. The van der Waals surface area contributed by atoms with Crippen LogP contribution in [0.4, 0.5) is 5.88 Å². The van der Waals surface area contributed by atoms with Gasteiger partial charge in [0.05, 0.1) is 13.2 Å². The molecule has 5 nitrogen and oxygen atoms in total. The van der Waals surface area contributed by atoms with Crippen molar-refractivity contribution < 1.29 is 13.9 Å². The first-order valence-corrected chi connectivity index (χ1v) is 5.33. The maximum atomic E-state index is 12.0. The summed E-state index contributed by atoms with van der Waals surface area (Å²) >= 11 is 0. The van der Waals surface area contributed by atoms with Crippen LogP contribution in [0.1, 0.15) is 5.76 Å². The number of hydrogen-bond acceptors (Lipinski definition) is 4. The van der Waals surface area contributed by atoms with Crippen molar-refractivity contribution in [1.82, 2.24) is 5.32 Å². The Bertz CT molecular complexity index is 369. The van der Waals surface area contributed by atoms with Crippen LogP contribution in [-0.2, 0) is 9.53 Å². The number of nitrogens with one attached hydrogen (secondary N) is 1. The molecule has 88 valence electrons. The van der Waals surface area contributed by atoms with Gasteiger partial charge in [0.2, 0.25) is 11.8 Å². The minimum atomic E-state index is -0.274. The molecule has 0 aromatic carbocycles. The second kappa shape index (κ2) is 4.67. The fraction of sp³-hybridized carbons (Fsp3) is 0.545. The third kappa shape index (κ3) is 2.25. The Kier molecular flexibility index (Phi) is 3.26. The molecule has 0 aliphatic carbocycles. The molecular formula is C11H16N2O3. The fourth-order valence-corrected chi connectivity index (χ4v) is 1.67. The lowest BCUT2D eigenvalue weighted by Crippen LogP contribution is -2.51. The second-order valence-corrected chi connectivity index (χ2v) is 3.86. The van der Waals surface area contributed by atoms with Crippen molar-refractivity contribution in [2.75, 3.05) is 31.7 Å². The normalized spacial score (nSPS) is 20.8. The van der Waals surface area contributed by atoms with Gasteiger partial charge >= 0.3 is 0 Å². The summed E-state index contributed by atoms with van der Waals surface area (Å²) in [6.45, 7) is 3.64. The zero-order valence-corrected chi connectivity index (χ0v) is 9.53. The van der Waals surface area contributed by atoms with Crippen LogP contribution in [0.25, 0.3) is 0 Å². The molecule has 0 radical (unpaired) electrons. The van der Waals surface area contributed by atoms with E-state index in [1.807, 2.05) is 13.0 Å². The molecule has 2 rings (SSSR count). The molecule has 0 bridgehead atoms. The standard InChI is InChI=1S/C11H16N2O3/c1-8-3-4-10(16-8)13(2)11(14)9-7-15-6-5-12-9/h3-4,9,12H,5-7H2,1-2H3. The predicted molar refractivity (Wildman–Crippen MR) is 59.5 cm³/mol. The molecule has 0 saturated carbocycles. The van der Waals surface area contributed by atoms with Crippen molar-refractivity contribution in [1.29, 1.82) is 0 Å². The van der Waals surface area contributed by atoms with Crippen LogP contribution in [0.3, 0.4) is 0 Å². The number of amides is 1. The van der Waals surface area contributed by atoms with Gasteiger partial charge in [0.15, 0.2) is 0 Å². The summed E-state index contributed by atoms with van der Waals surface area (Å²) in [5, 5.41) is 3.12. The zero-order valence-electron chi connectivity index (χ0n) is 9.53. The van der Waals surface area contributed by atoms with Gasteiger partial charge in [-0.15, -0.1) is 0 Å².